The maximum absolute atomic E-state index is 9.47. The lowest BCUT2D eigenvalue weighted by atomic mass is 9.98. The number of hydrogen-bond acceptors (Lipinski definition) is 2. The lowest BCUT2D eigenvalue weighted by Crippen LogP contribution is -2.26. The van der Waals surface area contributed by atoms with Crippen LogP contribution in [0.4, 0.5) is 0 Å². The van der Waals surface area contributed by atoms with Gasteiger partial charge in [-0.15, -0.1) is 12.4 Å². The summed E-state index contributed by atoms with van der Waals surface area (Å²) in [5, 5.41) is 9.47. The summed E-state index contributed by atoms with van der Waals surface area (Å²) >= 11 is 0. The van der Waals surface area contributed by atoms with E-state index in [1.807, 2.05) is 0 Å². The van der Waals surface area contributed by atoms with Crippen molar-refractivity contribution in [1.82, 2.24) is 0 Å². The molecule has 0 bridgehead atoms. The van der Waals surface area contributed by atoms with Crippen LogP contribution in [0.5, 0.6) is 0 Å². The highest BCUT2D eigenvalue weighted by molar-refractivity contribution is 5.85. The minimum atomic E-state index is -0.118. The first-order valence-corrected chi connectivity index (χ1v) is 4.22. The molecule has 0 aromatic carbocycles. The molecule has 0 aromatic rings. The Morgan fingerprint density at radius 3 is 2.45 bits per heavy atom. The van der Waals surface area contributed by atoms with Crippen LogP contribution in [-0.4, -0.2) is 17.8 Å². The molecule has 0 aromatic heterocycles. The van der Waals surface area contributed by atoms with Crippen molar-refractivity contribution in [3.63, 3.8) is 0 Å². The van der Waals surface area contributed by atoms with Crippen molar-refractivity contribution < 1.29 is 5.11 Å². The van der Waals surface area contributed by atoms with E-state index in [0.29, 0.717) is 12.5 Å². The smallest absolute Gasteiger partial charge is 0.0580 e. The van der Waals surface area contributed by atoms with E-state index in [9.17, 15) is 5.11 Å². The Hall–Kier alpha value is 0.210. The van der Waals surface area contributed by atoms with Crippen molar-refractivity contribution >= 4 is 12.4 Å². The van der Waals surface area contributed by atoms with E-state index >= 15 is 0 Å². The van der Waals surface area contributed by atoms with Crippen molar-refractivity contribution in [3.05, 3.63) is 0 Å². The van der Waals surface area contributed by atoms with E-state index in [2.05, 4.69) is 0 Å². The second kappa shape index (κ2) is 5.81. The van der Waals surface area contributed by atoms with Crippen molar-refractivity contribution in [2.45, 2.75) is 38.2 Å². The fourth-order valence-electron chi connectivity index (χ4n) is 1.64. The first-order chi connectivity index (χ1) is 4.84. The number of aliphatic hydroxyl groups excluding tert-OH is 1. The SMILES string of the molecule is Cl.NCC1CCCCCC1O. The second-order valence-electron chi connectivity index (χ2n) is 3.20. The molecule has 0 spiro atoms. The van der Waals surface area contributed by atoms with Gasteiger partial charge in [0.15, 0.2) is 0 Å². The van der Waals surface area contributed by atoms with Crippen molar-refractivity contribution in [3.8, 4) is 0 Å². The third kappa shape index (κ3) is 3.41. The molecule has 1 saturated carbocycles. The maximum atomic E-state index is 9.47. The van der Waals surface area contributed by atoms with E-state index in [1.54, 1.807) is 0 Å². The fourth-order valence-corrected chi connectivity index (χ4v) is 1.64. The quantitative estimate of drug-likeness (QED) is 0.597. The van der Waals surface area contributed by atoms with Crippen molar-refractivity contribution in [2.24, 2.45) is 11.7 Å². The minimum Gasteiger partial charge on any atom is -0.393 e. The molecule has 1 rings (SSSR count). The molecule has 68 valence electrons. The van der Waals surface area contributed by atoms with Gasteiger partial charge in [-0.25, -0.2) is 0 Å². The predicted molar refractivity (Wildman–Crippen MR) is 48.9 cm³/mol. The van der Waals surface area contributed by atoms with Crippen LogP contribution in [0.15, 0.2) is 0 Å². The number of halogens is 1. The zero-order valence-electron chi connectivity index (χ0n) is 6.83. The lowest BCUT2D eigenvalue weighted by molar-refractivity contribution is 0.105. The van der Waals surface area contributed by atoms with Gasteiger partial charge in [-0.3, -0.25) is 0 Å². The molecule has 0 radical (unpaired) electrons. The lowest BCUT2D eigenvalue weighted by Gasteiger charge is -2.17. The Labute approximate surface area is 74.6 Å². The van der Waals surface area contributed by atoms with Crippen LogP contribution in [0.25, 0.3) is 0 Å². The molecule has 0 aliphatic heterocycles. The van der Waals surface area contributed by atoms with Crippen LogP contribution in [0, 0.1) is 5.92 Å². The Morgan fingerprint density at radius 1 is 1.18 bits per heavy atom. The van der Waals surface area contributed by atoms with Crippen LogP contribution in [0.2, 0.25) is 0 Å². The third-order valence-electron chi connectivity index (χ3n) is 2.42. The number of nitrogens with two attached hydrogens (primary N) is 1. The van der Waals surface area contributed by atoms with Gasteiger partial charge in [0.05, 0.1) is 6.10 Å². The van der Waals surface area contributed by atoms with Crippen LogP contribution in [0.1, 0.15) is 32.1 Å². The molecule has 1 fully saturated rings. The highest BCUT2D eigenvalue weighted by atomic mass is 35.5. The summed E-state index contributed by atoms with van der Waals surface area (Å²) in [7, 11) is 0. The topological polar surface area (TPSA) is 46.2 Å². The Balaban J connectivity index is 0.000001000. The van der Waals surface area contributed by atoms with Gasteiger partial charge in [0.25, 0.3) is 0 Å². The van der Waals surface area contributed by atoms with E-state index in [1.165, 1.54) is 19.3 Å². The summed E-state index contributed by atoms with van der Waals surface area (Å²) in [5.41, 5.74) is 5.50. The largest absolute Gasteiger partial charge is 0.393 e. The molecular formula is C8H18ClNO. The molecule has 3 N–H and O–H groups in total. The number of aliphatic hydroxyl groups is 1. The standard InChI is InChI=1S/C8H17NO.ClH/c9-6-7-4-2-1-3-5-8(7)10;/h7-8,10H,1-6,9H2;1H. The molecule has 2 atom stereocenters. The molecule has 3 heteroatoms. The van der Waals surface area contributed by atoms with Gasteiger partial charge in [-0.1, -0.05) is 19.3 Å². The molecule has 11 heavy (non-hydrogen) atoms. The van der Waals surface area contributed by atoms with Gasteiger partial charge >= 0.3 is 0 Å². The van der Waals surface area contributed by atoms with E-state index in [4.69, 9.17) is 5.73 Å². The summed E-state index contributed by atoms with van der Waals surface area (Å²) in [4.78, 5) is 0. The summed E-state index contributed by atoms with van der Waals surface area (Å²) in [6, 6.07) is 0. The second-order valence-corrected chi connectivity index (χ2v) is 3.20. The molecule has 0 heterocycles. The van der Waals surface area contributed by atoms with E-state index in [-0.39, 0.29) is 18.5 Å². The Morgan fingerprint density at radius 2 is 1.82 bits per heavy atom. The normalized spacial score (nSPS) is 32.2. The summed E-state index contributed by atoms with van der Waals surface area (Å²) in [6.07, 6.45) is 5.66. The van der Waals surface area contributed by atoms with Crippen molar-refractivity contribution in [1.29, 1.82) is 0 Å². The first-order valence-electron chi connectivity index (χ1n) is 4.22. The van der Waals surface area contributed by atoms with Gasteiger partial charge in [0.1, 0.15) is 0 Å². The van der Waals surface area contributed by atoms with Gasteiger partial charge in [0, 0.05) is 0 Å². The zero-order valence-corrected chi connectivity index (χ0v) is 7.65. The number of rotatable bonds is 1. The van der Waals surface area contributed by atoms with Gasteiger partial charge in [0.2, 0.25) is 0 Å². The summed E-state index contributed by atoms with van der Waals surface area (Å²) < 4.78 is 0. The molecule has 2 unspecified atom stereocenters. The average molecular weight is 180 g/mol. The first kappa shape index (κ1) is 11.2. The summed E-state index contributed by atoms with van der Waals surface area (Å²) in [5.74, 6) is 0.377. The highest BCUT2D eigenvalue weighted by Gasteiger charge is 2.19. The van der Waals surface area contributed by atoms with Crippen LogP contribution in [0.3, 0.4) is 0 Å². The molecular weight excluding hydrogens is 162 g/mol. The monoisotopic (exact) mass is 179 g/mol. The maximum Gasteiger partial charge on any atom is 0.0580 e. The average Bonchev–Trinajstić information content (AvgIpc) is 2.13. The molecule has 1 aliphatic carbocycles. The number of hydrogen-bond donors (Lipinski definition) is 2. The van der Waals surface area contributed by atoms with Crippen LogP contribution >= 0.6 is 12.4 Å². The zero-order chi connectivity index (χ0) is 7.40. The van der Waals surface area contributed by atoms with E-state index in [0.717, 1.165) is 12.8 Å². The van der Waals surface area contributed by atoms with Crippen LogP contribution in [-0.2, 0) is 0 Å². The fraction of sp³-hybridized carbons (Fsp3) is 1.00. The Kier molecular flexibility index (Phi) is 5.92. The van der Waals surface area contributed by atoms with Gasteiger partial charge in [-0.05, 0) is 25.3 Å². The van der Waals surface area contributed by atoms with Gasteiger partial charge in [-0.2, -0.15) is 0 Å². The molecule has 0 saturated heterocycles. The molecule has 1 aliphatic rings. The molecule has 0 amide bonds. The summed E-state index contributed by atoms with van der Waals surface area (Å²) in [6.45, 7) is 0.654. The van der Waals surface area contributed by atoms with Crippen LogP contribution < -0.4 is 5.73 Å². The van der Waals surface area contributed by atoms with Gasteiger partial charge < -0.3 is 10.8 Å². The highest BCUT2D eigenvalue weighted by Crippen LogP contribution is 2.22. The van der Waals surface area contributed by atoms with Crippen molar-refractivity contribution in [2.75, 3.05) is 6.54 Å². The Bertz CT molecular complexity index is 100. The van der Waals surface area contributed by atoms with E-state index < -0.39 is 0 Å². The molecule has 2 nitrogen and oxygen atoms in total. The third-order valence-corrected chi connectivity index (χ3v) is 2.42. The minimum absolute atomic E-state index is 0. The predicted octanol–water partition coefficient (Wildman–Crippen LogP) is 1.31.